The maximum Gasteiger partial charge on any atom is 0.261 e. The summed E-state index contributed by atoms with van der Waals surface area (Å²) in [6.45, 7) is 7.64. The van der Waals surface area contributed by atoms with Crippen molar-refractivity contribution in [2.45, 2.75) is 51.5 Å². The van der Waals surface area contributed by atoms with E-state index in [9.17, 15) is 8.42 Å². The number of ether oxygens (including phenoxy) is 1. The summed E-state index contributed by atoms with van der Waals surface area (Å²) in [6.07, 6.45) is 2.13. The third-order valence-electron chi connectivity index (χ3n) is 2.76. The summed E-state index contributed by atoms with van der Waals surface area (Å²) in [6, 6.07) is 3.29. The highest BCUT2D eigenvalue weighted by Gasteiger charge is 2.16. The van der Waals surface area contributed by atoms with E-state index in [1.54, 1.807) is 19.1 Å². The standard InChI is InChI=1S/C13H19ClO3S/c1-5-6-11(4)17-12-7-10(3)13(8-9(12)2)18(14,15)16/h7-8,11H,5-6H2,1-4H3. The van der Waals surface area contributed by atoms with Crippen LogP contribution in [-0.2, 0) is 9.05 Å². The molecule has 0 aliphatic rings. The topological polar surface area (TPSA) is 43.4 Å². The zero-order valence-electron chi connectivity index (χ0n) is 11.2. The molecular weight excluding hydrogens is 272 g/mol. The first-order valence-corrected chi connectivity index (χ1v) is 8.29. The van der Waals surface area contributed by atoms with Crippen molar-refractivity contribution in [3.8, 4) is 5.75 Å². The van der Waals surface area contributed by atoms with E-state index in [-0.39, 0.29) is 11.0 Å². The van der Waals surface area contributed by atoms with E-state index in [4.69, 9.17) is 15.4 Å². The van der Waals surface area contributed by atoms with Crippen LogP contribution in [0, 0.1) is 13.8 Å². The summed E-state index contributed by atoms with van der Waals surface area (Å²) < 4.78 is 28.5. The third kappa shape index (κ3) is 3.89. The second kappa shape index (κ2) is 5.93. The smallest absolute Gasteiger partial charge is 0.261 e. The number of benzene rings is 1. The van der Waals surface area contributed by atoms with Gasteiger partial charge in [0.15, 0.2) is 0 Å². The molecule has 102 valence electrons. The van der Waals surface area contributed by atoms with Crippen molar-refractivity contribution < 1.29 is 13.2 Å². The number of hydrogen-bond acceptors (Lipinski definition) is 3. The van der Waals surface area contributed by atoms with Gasteiger partial charge >= 0.3 is 0 Å². The summed E-state index contributed by atoms with van der Waals surface area (Å²) in [5.41, 5.74) is 1.39. The largest absolute Gasteiger partial charge is 0.490 e. The minimum absolute atomic E-state index is 0.117. The Morgan fingerprint density at radius 2 is 1.89 bits per heavy atom. The number of rotatable bonds is 5. The van der Waals surface area contributed by atoms with Crippen molar-refractivity contribution in [1.82, 2.24) is 0 Å². The number of hydrogen-bond donors (Lipinski definition) is 0. The van der Waals surface area contributed by atoms with Crippen LogP contribution in [0.5, 0.6) is 5.75 Å². The van der Waals surface area contributed by atoms with Crippen molar-refractivity contribution in [3.63, 3.8) is 0 Å². The van der Waals surface area contributed by atoms with E-state index >= 15 is 0 Å². The second-order valence-electron chi connectivity index (χ2n) is 4.54. The van der Waals surface area contributed by atoms with Gasteiger partial charge in [0, 0.05) is 10.7 Å². The summed E-state index contributed by atoms with van der Waals surface area (Å²) in [5, 5.41) is 0. The van der Waals surface area contributed by atoms with Gasteiger partial charge < -0.3 is 4.74 Å². The number of aryl methyl sites for hydroxylation is 2. The van der Waals surface area contributed by atoms with Crippen molar-refractivity contribution in [2.75, 3.05) is 0 Å². The quantitative estimate of drug-likeness (QED) is 0.775. The van der Waals surface area contributed by atoms with Gasteiger partial charge in [0.1, 0.15) is 5.75 Å². The monoisotopic (exact) mass is 290 g/mol. The molecule has 1 rings (SSSR count). The first-order chi connectivity index (χ1) is 8.25. The second-order valence-corrected chi connectivity index (χ2v) is 7.07. The lowest BCUT2D eigenvalue weighted by atomic mass is 10.1. The van der Waals surface area contributed by atoms with Crippen LogP contribution in [0.25, 0.3) is 0 Å². The summed E-state index contributed by atoms with van der Waals surface area (Å²) >= 11 is 0. The molecule has 0 aromatic heterocycles. The lowest BCUT2D eigenvalue weighted by Gasteiger charge is -2.17. The fourth-order valence-electron chi connectivity index (χ4n) is 1.84. The minimum Gasteiger partial charge on any atom is -0.490 e. The molecule has 0 fully saturated rings. The fourth-order valence-corrected chi connectivity index (χ4v) is 3.09. The van der Waals surface area contributed by atoms with Crippen LogP contribution in [0.2, 0.25) is 0 Å². The average molecular weight is 291 g/mol. The third-order valence-corrected chi connectivity index (χ3v) is 4.22. The van der Waals surface area contributed by atoms with Gasteiger partial charge in [0.05, 0.1) is 11.0 Å². The molecule has 1 aromatic carbocycles. The molecule has 0 aliphatic carbocycles. The van der Waals surface area contributed by atoms with E-state index in [0.29, 0.717) is 5.56 Å². The van der Waals surface area contributed by atoms with Crippen LogP contribution in [0.3, 0.4) is 0 Å². The Balaban J connectivity index is 3.08. The predicted molar refractivity (Wildman–Crippen MR) is 74.0 cm³/mol. The average Bonchev–Trinajstić information content (AvgIpc) is 2.21. The summed E-state index contributed by atoms with van der Waals surface area (Å²) in [5.74, 6) is 0.720. The highest BCUT2D eigenvalue weighted by molar-refractivity contribution is 8.13. The minimum atomic E-state index is -3.69. The van der Waals surface area contributed by atoms with Gasteiger partial charge in [-0.15, -0.1) is 0 Å². The molecule has 0 saturated carbocycles. The van der Waals surface area contributed by atoms with Crippen molar-refractivity contribution in [1.29, 1.82) is 0 Å². The van der Waals surface area contributed by atoms with Gasteiger partial charge in [-0.2, -0.15) is 0 Å². The summed E-state index contributed by atoms with van der Waals surface area (Å²) in [4.78, 5) is 0.150. The fraction of sp³-hybridized carbons (Fsp3) is 0.538. The molecule has 0 saturated heterocycles. The molecule has 0 heterocycles. The molecular formula is C13H19ClO3S. The Bertz CT molecular complexity index is 523. The molecule has 0 bridgehead atoms. The van der Waals surface area contributed by atoms with Crippen LogP contribution in [0.1, 0.15) is 37.8 Å². The van der Waals surface area contributed by atoms with Crippen LogP contribution >= 0.6 is 10.7 Å². The molecule has 1 aromatic rings. The molecule has 1 atom stereocenters. The van der Waals surface area contributed by atoms with E-state index in [1.165, 1.54) is 0 Å². The lowest BCUT2D eigenvalue weighted by molar-refractivity contribution is 0.208. The predicted octanol–water partition coefficient (Wildman–Crippen LogP) is 3.80. The summed E-state index contributed by atoms with van der Waals surface area (Å²) in [7, 11) is 1.68. The van der Waals surface area contributed by atoms with Gasteiger partial charge in [0.25, 0.3) is 9.05 Å². The lowest BCUT2D eigenvalue weighted by Crippen LogP contribution is -2.12. The highest BCUT2D eigenvalue weighted by Crippen LogP contribution is 2.28. The maximum atomic E-state index is 11.4. The van der Waals surface area contributed by atoms with Gasteiger partial charge in [0.2, 0.25) is 0 Å². The van der Waals surface area contributed by atoms with Crippen LogP contribution in [0.15, 0.2) is 17.0 Å². The molecule has 0 radical (unpaired) electrons. The first-order valence-electron chi connectivity index (χ1n) is 5.98. The molecule has 5 heteroatoms. The maximum absolute atomic E-state index is 11.4. The van der Waals surface area contributed by atoms with Gasteiger partial charge in [-0.3, -0.25) is 0 Å². The van der Waals surface area contributed by atoms with E-state index in [2.05, 4.69) is 6.92 Å². The van der Waals surface area contributed by atoms with Crippen molar-refractivity contribution in [2.24, 2.45) is 0 Å². The number of halogens is 1. The van der Waals surface area contributed by atoms with Gasteiger partial charge in [-0.05, 0) is 50.5 Å². The van der Waals surface area contributed by atoms with E-state index < -0.39 is 9.05 Å². The molecule has 3 nitrogen and oxygen atoms in total. The highest BCUT2D eigenvalue weighted by atomic mass is 35.7. The normalized spacial score (nSPS) is 13.4. The van der Waals surface area contributed by atoms with Crippen LogP contribution < -0.4 is 4.74 Å². The van der Waals surface area contributed by atoms with Gasteiger partial charge in [-0.25, -0.2) is 8.42 Å². The van der Waals surface area contributed by atoms with Crippen molar-refractivity contribution >= 4 is 19.7 Å². The van der Waals surface area contributed by atoms with E-state index in [0.717, 1.165) is 24.2 Å². The zero-order chi connectivity index (χ0) is 13.9. The SMILES string of the molecule is CCCC(C)Oc1cc(C)c(S(=O)(=O)Cl)cc1C. The van der Waals surface area contributed by atoms with Gasteiger partial charge in [-0.1, -0.05) is 13.3 Å². The zero-order valence-corrected chi connectivity index (χ0v) is 12.7. The molecule has 0 N–H and O–H groups in total. The molecule has 0 aliphatic heterocycles. The molecule has 0 amide bonds. The first kappa shape index (κ1) is 15.3. The molecule has 18 heavy (non-hydrogen) atoms. The Labute approximate surface area is 114 Å². The molecule has 0 spiro atoms. The van der Waals surface area contributed by atoms with E-state index in [1.807, 2.05) is 13.8 Å². The van der Waals surface area contributed by atoms with Crippen LogP contribution in [0.4, 0.5) is 0 Å². The van der Waals surface area contributed by atoms with Crippen molar-refractivity contribution in [3.05, 3.63) is 23.3 Å². The Hall–Kier alpha value is -0.740. The van der Waals surface area contributed by atoms with Crippen LogP contribution in [-0.4, -0.2) is 14.5 Å². The Kier molecular flexibility index (Phi) is 5.05. The Morgan fingerprint density at radius 3 is 2.39 bits per heavy atom. The molecule has 1 unspecified atom stereocenters. The Morgan fingerprint density at radius 1 is 1.28 bits per heavy atom.